The Labute approximate surface area is 158 Å². The van der Waals surface area contributed by atoms with Gasteiger partial charge in [0, 0.05) is 18.9 Å². The van der Waals surface area contributed by atoms with Crippen LogP contribution in [0.1, 0.15) is 68.0 Å². The SMILES string of the molecule is CC(NC(=O)CCC(=O)c1ccc(Cl)s1)C12CC3CC(CC(C3)C1)C2. The number of amides is 1. The zero-order chi connectivity index (χ0) is 17.6. The molecule has 3 nitrogen and oxygen atoms in total. The first kappa shape index (κ1) is 17.5. The smallest absolute Gasteiger partial charge is 0.220 e. The second-order valence-corrected chi connectivity index (χ2v) is 10.3. The number of thiophene rings is 1. The van der Waals surface area contributed by atoms with E-state index in [0.29, 0.717) is 14.6 Å². The van der Waals surface area contributed by atoms with Gasteiger partial charge in [-0.2, -0.15) is 0 Å². The Morgan fingerprint density at radius 1 is 1.16 bits per heavy atom. The first-order valence-corrected chi connectivity index (χ1v) is 10.7. The molecule has 4 fully saturated rings. The lowest BCUT2D eigenvalue weighted by atomic mass is 9.48. The van der Waals surface area contributed by atoms with Crippen molar-refractivity contribution in [1.82, 2.24) is 5.32 Å². The highest BCUT2D eigenvalue weighted by molar-refractivity contribution is 7.18. The molecule has 4 bridgehead atoms. The van der Waals surface area contributed by atoms with Gasteiger partial charge >= 0.3 is 0 Å². The quantitative estimate of drug-likeness (QED) is 0.700. The summed E-state index contributed by atoms with van der Waals surface area (Å²) in [5, 5.41) is 3.24. The molecule has 25 heavy (non-hydrogen) atoms. The van der Waals surface area contributed by atoms with Crippen molar-refractivity contribution in [3.8, 4) is 0 Å². The standard InChI is InChI=1S/C20H26ClNO2S/c1-12(20-9-13-6-14(10-20)8-15(7-13)11-20)22-19(24)5-2-16(23)17-3-4-18(21)25-17/h3-4,12-15H,2,5-11H2,1H3,(H,22,24). The molecule has 0 aromatic carbocycles. The zero-order valence-corrected chi connectivity index (χ0v) is 16.3. The lowest BCUT2D eigenvalue weighted by molar-refractivity contribution is -0.125. The van der Waals surface area contributed by atoms with Crippen molar-refractivity contribution in [3.05, 3.63) is 21.3 Å². The first-order chi connectivity index (χ1) is 11.9. The van der Waals surface area contributed by atoms with Gasteiger partial charge in [0.1, 0.15) is 0 Å². The molecule has 4 aliphatic rings. The van der Waals surface area contributed by atoms with Gasteiger partial charge in [-0.1, -0.05) is 11.6 Å². The number of carbonyl (C=O) groups excluding carboxylic acids is 2. The van der Waals surface area contributed by atoms with E-state index in [4.69, 9.17) is 11.6 Å². The van der Waals surface area contributed by atoms with E-state index in [9.17, 15) is 9.59 Å². The Balaban J connectivity index is 1.31. The number of hydrogen-bond acceptors (Lipinski definition) is 3. The molecule has 1 heterocycles. The lowest BCUT2D eigenvalue weighted by Gasteiger charge is -2.59. The Morgan fingerprint density at radius 2 is 1.76 bits per heavy atom. The van der Waals surface area contributed by atoms with Crippen LogP contribution in [0.5, 0.6) is 0 Å². The Hall–Kier alpha value is -0.870. The van der Waals surface area contributed by atoms with Crippen molar-refractivity contribution in [1.29, 1.82) is 0 Å². The van der Waals surface area contributed by atoms with E-state index in [-0.39, 0.29) is 30.6 Å². The van der Waals surface area contributed by atoms with Crippen LogP contribution >= 0.6 is 22.9 Å². The molecule has 1 aromatic heterocycles. The average molecular weight is 380 g/mol. The number of nitrogens with one attached hydrogen (secondary N) is 1. The molecule has 1 aromatic rings. The van der Waals surface area contributed by atoms with E-state index < -0.39 is 0 Å². The van der Waals surface area contributed by atoms with Crippen LogP contribution in [0.15, 0.2) is 12.1 Å². The Morgan fingerprint density at radius 3 is 2.28 bits per heavy atom. The average Bonchev–Trinajstić information content (AvgIpc) is 2.98. The highest BCUT2D eigenvalue weighted by Gasteiger charge is 2.53. The normalized spacial score (nSPS) is 34.1. The third-order valence-corrected chi connectivity index (χ3v) is 8.08. The Bertz CT molecular complexity index is 648. The van der Waals surface area contributed by atoms with Crippen LogP contribution < -0.4 is 5.32 Å². The summed E-state index contributed by atoms with van der Waals surface area (Å²) in [6, 6.07) is 3.69. The molecule has 1 atom stereocenters. The van der Waals surface area contributed by atoms with Gasteiger partial charge in [0.15, 0.2) is 5.78 Å². The van der Waals surface area contributed by atoms with Crippen molar-refractivity contribution in [2.75, 3.05) is 0 Å². The predicted octanol–water partition coefficient (Wildman–Crippen LogP) is 5.09. The Kier molecular flexibility index (Phi) is 4.70. The third-order valence-electron chi connectivity index (χ3n) is 6.81. The van der Waals surface area contributed by atoms with Crippen LogP contribution in [-0.4, -0.2) is 17.7 Å². The molecular formula is C20H26ClNO2S. The van der Waals surface area contributed by atoms with Gasteiger partial charge in [0.25, 0.3) is 0 Å². The molecule has 1 N–H and O–H groups in total. The van der Waals surface area contributed by atoms with Crippen LogP contribution in [0.3, 0.4) is 0 Å². The summed E-state index contributed by atoms with van der Waals surface area (Å²) in [7, 11) is 0. The van der Waals surface area contributed by atoms with E-state index in [1.165, 1.54) is 49.9 Å². The summed E-state index contributed by atoms with van der Waals surface area (Å²) in [5.74, 6) is 2.68. The van der Waals surface area contributed by atoms with Gasteiger partial charge in [0.2, 0.25) is 5.91 Å². The molecule has 0 saturated heterocycles. The fourth-order valence-electron chi connectivity index (χ4n) is 5.99. The van der Waals surface area contributed by atoms with Gasteiger partial charge < -0.3 is 5.32 Å². The van der Waals surface area contributed by atoms with Crippen LogP contribution in [0.25, 0.3) is 0 Å². The van der Waals surface area contributed by atoms with Gasteiger partial charge in [-0.05, 0) is 80.8 Å². The molecule has 0 radical (unpaired) electrons. The van der Waals surface area contributed by atoms with E-state index in [2.05, 4.69) is 12.2 Å². The molecule has 0 spiro atoms. The number of halogens is 1. The van der Waals surface area contributed by atoms with Crippen LogP contribution in [0.2, 0.25) is 4.34 Å². The topological polar surface area (TPSA) is 46.2 Å². The summed E-state index contributed by atoms with van der Waals surface area (Å²) in [5.41, 5.74) is 0.315. The van der Waals surface area contributed by atoms with Crippen molar-refractivity contribution in [2.24, 2.45) is 23.2 Å². The minimum atomic E-state index is 0.00880. The molecule has 136 valence electrons. The molecule has 1 amide bonds. The second-order valence-electron chi connectivity index (χ2n) is 8.60. The molecule has 0 aliphatic heterocycles. The molecule has 5 heteroatoms. The van der Waals surface area contributed by atoms with E-state index >= 15 is 0 Å². The van der Waals surface area contributed by atoms with E-state index in [1.807, 2.05) is 0 Å². The number of rotatable bonds is 6. The first-order valence-electron chi connectivity index (χ1n) is 9.51. The maximum absolute atomic E-state index is 12.4. The molecule has 5 rings (SSSR count). The van der Waals surface area contributed by atoms with Gasteiger partial charge in [-0.15, -0.1) is 11.3 Å². The monoisotopic (exact) mass is 379 g/mol. The summed E-state index contributed by atoms with van der Waals surface area (Å²) < 4.78 is 0.614. The van der Waals surface area contributed by atoms with Gasteiger partial charge in [-0.3, -0.25) is 9.59 Å². The molecule has 1 unspecified atom stereocenters. The van der Waals surface area contributed by atoms with Crippen LogP contribution in [0, 0.1) is 23.2 Å². The number of hydrogen-bond donors (Lipinski definition) is 1. The fraction of sp³-hybridized carbons (Fsp3) is 0.700. The third kappa shape index (κ3) is 3.52. The molecular weight excluding hydrogens is 354 g/mol. The minimum Gasteiger partial charge on any atom is -0.353 e. The highest BCUT2D eigenvalue weighted by atomic mass is 35.5. The van der Waals surface area contributed by atoms with E-state index in [0.717, 1.165) is 17.8 Å². The lowest BCUT2D eigenvalue weighted by Crippen LogP contribution is -2.55. The van der Waals surface area contributed by atoms with Crippen molar-refractivity contribution in [2.45, 2.75) is 64.3 Å². The zero-order valence-electron chi connectivity index (χ0n) is 14.7. The van der Waals surface area contributed by atoms with Crippen molar-refractivity contribution in [3.63, 3.8) is 0 Å². The summed E-state index contributed by atoms with van der Waals surface area (Å²) in [6.45, 7) is 2.19. The summed E-state index contributed by atoms with van der Waals surface area (Å²) in [4.78, 5) is 25.2. The van der Waals surface area contributed by atoms with Crippen molar-refractivity contribution >= 4 is 34.6 Å². The second kappa shape index (κ2) is 6.70. The van der Waals surface area contributed by atoms with Crippen molar-refractivity contribution < 1.29 is 9.59 Å². The van der Waals surface area contributed by atoms with Crippen LogP contribution in [-0.2, 0) is 4.79 Å². The van der Waals surface area contributed by atoms with E-state index in [1.54, 1.807) is 12.1 Å². The maximum atomic E-state index is 12.4. The minimum absolute atomic E-state index is 0.00880. The van der Waals surface area contributed by atoms with Crippen LogP contribution in [0.4, 0.5) is 0 Å². The van der Waals surface area contributed by atoms with Gasteiger partial charge in [-0.25, -0.2) is 0 Å². The molecule has 4 aliphatic carbocycles. The van der Waals surface area contributed by atoms with Gasteiger partial charge in [0.05, 0.1) is 9.21 Å². The maximum Gasteiger partial charge on any atom is 0.220 e. The number of Topliss-reactive ketones (excluding diaryl/α,β-unsaturated/α-hetero) is 1. The largest absolute Gasteiger partial charge is 0.353 e. The fourth-order valence-corrected chi connectivity index (χ4v) is 7.00. The number of ketones is 1. The summed E-state index contributed by atoms with van der Waals surface area (Å²) >= 11 is 7.16. The summed E-state index contributed by atoms with van der Waals surface area (Å²) in [6.07, 6.45) is 8.63. The highest BCUT2D eigenvalue weighted by Crippen LogP contribution is 2.61. The number of carbonyl (C=O) groups is 2. The predicted molar refractivity (Wildman–Crippen MR) is 101 cm³/mol. The molecule has 4 saturated carbocycles.